The van der Waals surface area contributed by atoms with E-state index < -0.39 is 0 Å². The first-order chi connectivity index (χ1) is 7.78. The Balaban J connectivity index is 1.91. The van der Waals surface area contributed by atoms with Crippen LogP contribution in [0.2, 0.25) is 0 Å². The van der Waals surface area contributed by atoms with Crippen LogP contribution in [0.4, 0.5) is 5.82 Å². The van der Waals surface area contributed by atoms with Gasteiger partial charge in [0.25, 0.3) is 0 Å². The van der Waals surface area contributed by atoms with E-state index in [0.29, 0.717) is 11.7 Å². The maximum absolute atomic E-state index is 8.75. The van der Waals surface area contributed by atoms with Gasteiger partial charge in [0, 0.05) is 5.92 Å². The highest BCUT2D eigenvalue weighted by Gasteiger charge is 2.42. The van der Waals surface area contributed by atoms with E-state index >= 15 is 0 Å². The van der Waals surface area contributed by atoms with Gasteiger partial charge in [0.1, 0.15) is 23.3 Å². The number of rotatable bonds is 1. The van der Waals surface area contributed by atoms with Gasteiger partial charge >= 0.3 is 0 Å². The van der Waals surface area contributed by atoms with E-state index in [0.717, 1.165) is 25.1 Å². The second-order valence-corrected chi connectivity index (χ2v) is 4.36. The molecule has 3 unspecified atom stereocenters. The van der Waals surface area contributed by atoms with Gasteiger partial charge in [-0.15, -0.1) is 0 Å². The molecule has 0 radical (unpaired) electrons. The molecule has 0 spiro atoms. The minimum absolute atomic E-state index is 0.248. The summed E-state index contributed by atoms with van der Waals surface area (Å²) in [7, 11) is 0. The number of aromatic nitrogens is 2. The number of nitrogens with zero attached hydrogens (tertiary/aromatic N) is 3. The predicted molar refractivity (Wildman–Crippen MR) is 56.4 cm³/mol. The molecule has 2 bridgehead atoms. The maximum atomic E-state index is 8.75. The van der Waals surface area contributed by atoms with Crippen molar-refractivity contribution in [2.75, 3.05) is 5.73 Å². The van der Waals surface area contributed by atoms with Crippen LogP contribution in [0, 0.1) is 11.3 Å². The number of ether oxygens (including phenoxy) is 1. The van der Waals surface area contributed by atoms with Gasteiger partial charge in [-0.05, 0) is 19.3 Å². The number of nitriles is 1. The summed E-state index contributed by atoms with van der Waals surface area (Å²) in [6.07, 6.45) is 5.33. The molecular weight excluding hydrogens is 204 g/mol. The molecule has 3 heterocycles. The second-order valence-electron chi connectivity index (χ2n) is 4.36. The van der Waals surface area contributed by atoms with Crippen molar-refractivity contribution < 1.29 is 4.74 Å². The molecule has 16 heavy (non-hydrogen) atoms. The van der Waals surface area contributed by atoms with Gasteiger partial charge in [0.15, 0.2) is 0 Å². The first-order valence-electron chi connectivity index (χ1n) is 5.46. The topological polar surface area (TPSA) is 84.8 Å². The Bertz CT molecular complexity index is 468. The Hall–Kier alpha value is -1.67. The summed E-state index contributed by atoms with van der Waals surface area (Å²) in [5.41, 5.74) is 6.02. The Labute approximate surface area is 93.3 Å². The largest absolute Gasteiger partial charge is 0.382 e. The molecule has 3 atom stereocenters. The zero-order valence-corrected chi connectivity index (χ0v) is 8.76. The van der Waals surface area contributed by atoms with Crippen LogP contribution < -0.4 is 5.73 Å². The number of nitrogens with two attached hydrogens (primary N) is 1. The molecule has 2 aliphatic rings. The van der Waals surface area contributed by atoms with Crippen LogP contribution in [0.25, 0.3) is 0 Å². The number of hydrogen-bond acceptors (Lipinski definition) is 5. The summed E-state index contributed by atoms with van der Waals surface area (Å²) in [5, 5.41) is 8.75. The van der Waals surface area contributed by atoms with Crippen molar-refractivity contribution in [3.05, 3.63) is 17.6 Å². The van der Waals surface area contributed by atoms with Gasteiger partial charge in [-0.25, -0.2) is 9.97 Å². The Morgan fingerprint density at radius 3 is 2.94 bits per heavy atom. The standard InChI is InChI=1S/C11H12N4O/c12-4-6-5-14-11(15-10(6)13)8-3-7-1-2-9(8)16-7/h5,7-9H,1-3H2,(H2,13,14,15). The maximum Gasteiger partial charge on any atom is 0.145 e. The van der Waals surface area contributed by atoms with Crippen LogP contribution in [0.3, 0.4) is 0 Å². The molecule has 1 aromatic rings. The summed E-state index contributed by atoms with van der Waals surface area (Å²) >= 11 is 0. The highest BCUT2D eigenvalue weighted by Crippen LogP contribution is 2.43. The fraction of sp³-hybridized carbons (Fsp3) is 0.545. The van der Waals surface area contributed by atoms with Crippen LogP contribution >= 0.6 is 0 Å². The summed E-state index contributed by atoms with van der Waals surface area (Å²) in [5.74, 6) is 1.26. The predicted octanol–water partition coefficient (Wildman–Crippen LogP) is 0.965. The summed E-state index contributed by atoms with van der Waals surface area (Å²) in [6, 6.07) is 1.97. The lowest BCUT2D eigenvalue weighted by Crippen LogP contribution is -2.17. The van der Waals surface area contributed by atoms with Gasteiger partial charge in [-0.2, -0.15) is 5.26 Å². The van der Waals surface area contributed by atoms with Crippen molar-refractivity contribution >= 4 is 5.82 Å². The zero-order valence-electron chi connectivity index (χ0n) is 8.76. The molecule has 0 aliphatic carbocycles. The van der Waals surface area contributed by atoms with E-state index in [1.807, 2.05) is 6.07 Å². The van der Waals surface area contributed by atoms with E-state index in [9.17, 15) is 0 Å². The molecule has 2 fully saturated rings. The minimum Gasteiger partial charge on any atom is -0.382 e. The Morgan fingerprint density at radius 2 is 2.38 bits per heavy atom. The average Bonchev–Trinajstić information content (AvgIpc) is 2.90. The Morgan fingerprint density at radius 1 is 1.50 bits per heavy atom. The molecule has 2 N–H and O–H groups in total. The van der Waals surface area contributed by atoms with E-state index in [2.05, 4.69) is 9.97 Å². The van der Waals surface area contributed by atoms with Crippen molar-refractivity contribution in [3.8, 4) is 6.07 Å². The van der Waals surface area contributed by atoms with Crippen LogP contribution in [-0.4, -0.2) is 22.2 Å². The van der Waals surface area contributed by atoms with Gasteiger partial charge < -0.3 is 10.5 Å². The van der Waals surface area contributed by atoms with Crippen LogP contribution in [0.1, 0.15) is 36.6 Å². The second kappa shape index (κ2) is 3.42. The highest BCUT2D eigenvalue weighted by atomic mass is 16.5. The number of anilines is 1. The van der Waals surface area contributed by atoms with Gasteiger partial charge in [-0.1, -0.05) is 0 Å². The number of fused-ring (bicyclic) bond motifs is 2. The fourth-order valence-electron chi connectivity index (χ4n) is 2.58. The van der Waals surface area contributed by atoms with Gasteiger partial charge in [0.2, 0.25) is 0 Å². The normalized spacial score (nSPS) is 31.6. The molecule has 5 nitrogen and oxygen atoms in total. The highest BCUT2D eigenvalue weighted by molar-refractivity contribution is 5.46. The lowest BCUT2D eigenvalue weighted by molar-refractivity contribution is 0.0999. The number of hydrogen-bond donors (Lipinski definition) is 1. The molecule has 3 rings (SSSR count). The molecule has 82 valence electrons. The fourth-order valence-corrected chi connectivity index (χ4v) is 2.58. The quantitative estimate of drug-likeness (QED) is 0.755. The molecule has 0 saturated carbocycles. The molecule has 5 heteroatoms. The lowest BCUT2D eigenvalue weighted by Gasteiger charge is -2.17. The van der Waals surface area contributed by atoms with E-state index in [4.69, 9.17) is 15.7 Å². The summed E-state index contributed by atoms with van der Waals surface area (Å²) < 4.78 is 5.75. The van der Waals surface area contributed by atoms with Crippen molar-refractivity contribution in [2.24, 2.45) is 0 Å². The summed E-state index contributed by atoms with van der Waals surface area (Å²) in [4.78, 5) is 8.43. The van der Waals surface area contributed by atoms with Gasteiger partial charge in [0.05, 0.1) is 18.4 Å². The van der Waals surface area contributed by atoms with E-state index in [-0.39, 0.29) is 17.8 Å². The smallest absolute Gasteiger partial charge is 0.145 e. The summed E-state index contributed by atoms with van der Waals surface area (Å²) in [6.45, 7) is 0. The number of nitrogen functional groups attached to an aromatic ring is 1. The van der Waals surface area contributed by atoms with E-state index in [1.165, 1.54) is 6.20 Å². The van der Waals surface area contributed by atoms with E-state index in [1.54, 1.807) is 0 Å². The monoisotopic (exact) mass is 216 g/mol. The Kier molecular flexibility index (Phi) is 2.04. The molecule has 1 aromatic heterocycles. The first kappa shape index (κ1) is 9.55. The van der Waals surface area contributed by atoms with Crippen molar-refractivity contribution in [1.82, 2.24) is 9.97 Å². The van der Waals surface area contributed by atoms with Gasteiger partial charge in [-0.3, -0.25) is 0 Å². The van der Waals surface area contributed by atoms with Crippen LogP contribution in [0.15, 0.2) is 6.20 Å². The first-order valence-corrected chi connectivity index (χ1v) is 5.46. The zero-order chi connectivity index (χ0) is 11.1. The average molecular weight is 216 g/mol. The third kappa shape index (κ3) is 1.34. The van der Waals surface area contributed by atoms with Crippen molar-refractivity contribution in [2.45, 2.75) is 37.4 Å². The minimum atomic E-state index is 0.248. The molecule has 2 saturated heterocycles. The van der Waals surface area contributed by atoms with Crippen molar-refractivity contribution in [1.29, 1.82) is 5.26 Å². The van der Waals surface area contributed by atoms with Crippen LogP contribution in [0.5, 0.6) is 0 Å². The van der Waals surface area contributed by atoms with Crippen LogP contribution in [-0.2, 0) is 4.74 Å². The lowest BCUT2D eigenvalue weighted by atomic mass is 9.88. The van der Waals surface area contributed by atoms with Crippen molar-refractivity contribution in [3.63, 3.8) is 0 Å². The third-order valence-electron chi connectivity index (χ3n) is 3.39. The molecule has 0 aromatic carbocycles. The SMILES string of the molecule is N#Cc1cnc(C2CC3CCC2O3)nc1N. The third-order valence-corrected chi connectivity index (χ3v) is 3.39. The molecule has 2 aliphatic heterocycles. The molecular formula is C11H12N4O. The molecule has 0 amide bonds.